The van der Waals surface area contributed by atoms with Crippen LogP contribution in [0.15, 0.2) is 30.3 Å². The molecule has 1 aromatic rings. The predicted octanol–water partition coefficient (Wildman–Crippen LogP) is 5.77. The standard InChI is InChI=1S/C24H36N2O2/c1-19(20-11-5-2-6-12-20)17-18-23(27)26(22-15-9-4-10-16-22)24(28)25-21-13-7-3-8-14-21/h2,5-6,11-12,19,21-22H,3-4,7-10,13-18H2,1H3,(H,25,28). The van der Waals surface area contributed by atoms with Crippen molar-refractivity contribution >= 4 is 11.9 Å². The van der Waals surface area contributed by atoms with Gasteiger partial charge in [0.1, 0.15) is 0 Å². The Balaban J connectivity index is 1.61. The Morgan fingerprint density at radius 1 is 0.964 bits per heavy atom. The number of benzene rings is 1. The van der Waals surface area contributed by atoms with E-state index in [9.17, 15) is 9.59 Å². The van der Waals surface area contributed by atoms with Gasteiger partial charge in [-0.3, -0.25) is 9.69 Å². The van der Waals surface area contributed by atoms with Gasteiger partial charge in [0.25, 0.3) is 0 Å². The zero-order valence-electron chi connectivity index (χ0n) is 17.4. The number of hydrogen-bond donors (Lipinski definition) is 1. The molecule has 3 rings (SSSR count). The fourth-order valence-corrected chi connectivity index (χ4v) is 4.72. The molecule has 2 aliphatic rings. The van der Waals surface area contributed by atoms with E-state index < -0.39 is 0 Å². The summed E-state index contributed by atoms with van der Waals surface area (Å²) in [5.41, 5.74) is 1.26. The molecule has 1 unspecified atom stereocenters. The monoisotopic (exact) mass is 384 g/mol. The van der Waals surface area contributed by atoms with Gasteiger partial charge in [-0.05, 0) is 43.6 Å². The van der Waals surface area contributed by atoms with E-state index in [0.29, 0.717) is 12.3 Å². The van der Waals surface area contributed by atoms with Crippen LogP contribution in [0.1, 0.15) is 95.5 Å². The van der Waals surface area contributed by atoms with Gasteiger partial charge in [-0.25, -0.2) is 4.79 Å². The minimum Gasteiger partial charge on any atom is -0.335 e. The van der Waals surface area contributed by atoms with Crippen LogP contribution in [0.4, 0.5) is 4.79 Å². The summed E-state index contributed by atoms with van der Waals surface area (Å²) in [5, 5.41) is 3.18. The highest BCUT2D eigenvalue weighted by Crippen LogP contribution is 2.26. The largest absolute Gasteiger partial charge is 0.335 e. The molecular weight excluding hydrogens is 348 g/mol. The lowest BCUT2D eigenvalue weighted by molar-refractivity contribution is -0.130. The van der Waals surface area contributed by atoms with Crippen molar-refractivity contribution in [1.82, 2.24) is 10.2 Å². The van der Waals surface area contributed by atoms with Gasteiger partial charge in [0.2, 0.25) is 5.91 Å². The van der Waals surface area contributed by atoms with Crippen LogP contribution in [0.2, 0.25) is 0 Å². The van der Waals surface area contributed by atoms with Gasteiger partial charge >= 0.3 is 6.03 Å². The summed E-state index contributed by atoms with van der Waals surface area (Å²) >= 11 is 0. The molecule has 154 valence electrons. The first-order chi connectivity index (χ1) is 13.6. The van der Waals surface area contributed by atoms with E-state index in [1.165, 1.54) is 31.2 Å². The number of urea groups is 1. The Morgan fingerprint density at radius 2 is 1.57 bits per heavy atom. The van der Waals surface area contributed by atoms with E-state index in [4.69, 9.17) is 0 Å². The smallest absolute Gasteiger partial charge is 0.324 e. The molecule has 2 aliphatic carbocycles. The molecule has 1 atom stereocenters. The average Bonchev–Trinajstić information content (AvgIpc) is 2.74. The van der Waals surface area contributed by atoms with Gasteiger partial charge in [-0.2, -0.15) is 0 Å². The molecule has 28 heavy (non-hydrogen) atoms. The summed E-state index contributed by atoms with van der Waals surface area (Å²) in [5.74, 6) is 0.322. The van der Waals surface area contributed by atoms with Gasteiger partial charge in [0.05, 0.1) is 0 Å². The van der Waals surface area contributed by atoms with Crippen molar-refractivity contribution in [2.75, 3.05) is 0 Å². The third-order valence-corrected chi connectivity index (χ3v) is 6.52. The first kappa shape index (κ1) is 20.9. The number of carbonyl (C=O) groups is 2. The molecular formula is C24H36N2O2. The normalized spacial score (nSPS) is 19.8. The van der Waals surface area contributed by atoms with E-state index >= 15 is 0 Å². The van der Waals surface area contributed by atoms with Crippen molar-refractivity contribution in [3.63, 3.8) is 0 Å². The van der Waals surface area contributed by atoms with Crippen molar-refractivity contribution in [2.45, 2.75) is 102 Å². The number of hydrogen-bond acceptors (Lipinski definition) is 2. The van der Waals surface area contributed by atoms with E-state index in [2.05, 4.69) is 24.4 Å². The second-order valence-electron chi connectivity index (χ2n) is 8.69. The lowest BCUT2D eigenvalue weighted by Gasteiger charge is -2.35. The number of nitrogens with one attached hydrogen (secondary N) is 1. The molecule has 0 spiro atoms. The van der Waals surface area contributed by atoms with Gasteiger partial charge in [-0.1, -0.05) is 75.8 Å². The van der Waals surface area contributed by atoms with Crippen molar-refractivity contribution in [3.05, 3.63) is 35.9 Å². The van der Waals surface area contributed by atoms with Crippen molar-refractivity contribution in [3.8, 4) is 0 Å². The summed E-state index contributed by atoms with van der Waals surface area (Å²) in [6.07, 6.45) is 12.3. The highest BCUT2D eigenvalue weighted by molar-refractivity contribution is 5.95. The van der Waals surface area contributed by atoms with Crippen LogP contribution in [-0.2, 0) is 4.79 Å². The van der Waals surface area contributed by atoms with E-state index in [1.54, 1.807) is 4.90 Å². The highest BCUT2D eigenvalue weighted by atomic mass is 16.2. The minimum absolute atomic E-state index is 0.00277. The fraction of sp³-hybridized carbons (Fsp3) is 0.667. The molecule has 4 nitrogen and oxygen atoms in total. The number of nitrogens with zero attached hydrogens (tertiary/aromatic N) is 1. The van der Waals surface area contributed by atoms with Crippen LogP contribution in [0.5, 0.6) is 0 Å². The molecule has 0 saturated heterocycles. The zero-order valence-corrected chi connectivity index (χ0v) is 17.4. The van der Waals surface area contributed by atoms with Crippen molar-refractivity contribution < 1.29 is 9.59 Å². The maximum absolute atomic E-state index is 13.1. The quantitative estimate of drug-likeness (QED) is 0.676. The van der Waals surface area contributed by atoms with Crippen molar-refractivity contribution in [1.29, 1.82) is 0 Å². The minimum atomic E-state index is -0.142. The van der Waals surface area contributed by atoms with Crippen LogP contribution in [-0.4, -0.2) is 28.9 Å². The van der Waals surface area contributed by atoms with Crippen LogP contribution in [0.3, 0.4) is 0 Å². The molecule has 2 saturated carbocycles. The lowest BCUT2D eigenvalue weighted by atomic mass is 9.92. The van der Waals surface area contributed by atoms with E-state index in [-0.39, 0.29) is 24.0 Å². The molecule has 0 bridgehead atoms. The molecule has 0 aromatic heterocycles. The Morgan fingerprint density at radius 3 is 2.21 bits per heavy atom. The fourth-order valence-electron chi connectivity index (χ4n) is 4.72. The summed E-state index contributed by atoms with van der Waals surface area (Å²) in [6.45, 7) is 2.16. The van der Waals surface area contributed by atoms with Gasteiger partial charge in [0.15, 0.2) is 0 Å². The number of carbonyl (C=O) groups excluding carboxylic acids is 2. The first-order valence-corrected chi connectivity index (χ1v) is 11.3. The van der Waals surface area contributed by atoms with Gasteiger partial charge in [0, 0.05) is 18.5 Å². The molecule has 2 fully saturated rings. The van der Waals surface area contributed by atoms with Crippen LogP contribution in [0, 0.1) is 0 Å². The third-order valence-electron chi connectivity index (χ3n) is 6.52. The zero-order chi connectivity index (χ0) is 19.8. The molecule has 1 N–H and O–H groups in total. The summed E-state index contributed by atoms with van der Waals surface area (Å²) < 4.78 is 0. The third kappa shape index (κ3) is 5.83. The van der Waals surface area contributed by atoms with Gasteiger partial charge < -0.3 is 5.32 Å². The summed E-state index contributed by atoms with van der Waals surface area (Å²) in [6, 6.07) is 10.5. The van der Waals surface area contributed by atoms with Crippen LogP contribution < -0.4 is 5.32 Å². The Hall–Kier alpha value is -1.84. The molecule has 4 heteroatoms. The summed E-state index contributed by atoms with van der Waals surface area (Å²) in [7, 11) is 0. The maximum Gasteiger partial charge on any atom is 0.324 e. The topological polar surface area (TPSA) is 49.4 Å². The summed E-state index contributed by atoms with van der Waals surface area (Å²) in [4.78, 5) is 27.8. The molecule has 3 amide bonds. The Labute approximate surface area is 170 Å². The molecule has 1 aromatic carbocycles. The Bertz CT molecular complexity index is 619. The number of imide groups is 1. The van der Waals surface area contributed by atoms with Crippen molar-refractivity contribution in [2.24, 2.45) is 0 Å². The van der Waals surface area contributed by atoms with Crippen LogP contribution in [0.25, 0.3) is 0 Å². The second kappa shape index (κ2) is 10.6. The lowest BCUT2D eigenvalue weighted by Crippen LogP contribution is -2.52. The molecule has 0 radical (unpaired) electrons. The maximum atomic E-state index is 13.1. The SMILES string of the molecule is CC(CCC(=O)N(C(=O)NC1CCCCC1)C1CCCCC1)c1ccccc1. The molecule has 0 heterocycles. The molecule has 0 aliphatic heterocycles. The van der Waals surface area contributed by atoms with E-state index in [0.717, 1.165) is 44.9 Å². The average molecular weight is 385 g/mol. The number of amides is 3. The Kier molecular flexibility index (Phi) is 7.93. The predicted molar refractivity (Wildman–Crippen MR) is 113 cm³/mol. The van der Waals surface area contributed by atoms with Gasteiger partial charge in [-0.15, -0.1) is 0 Å². The second-order valence-corrected chi connectivity index (χ2v) is 8.69. The van der Waals surface area contributed by atoms with E-state index in [1.807, 2.05) is 18.2 Å². The number of rotatable bonds is 6. The van der Waals surface area contributed by atoms with Crippen LogP contribution >= 0.6 is 0 Å². The highest BCUT2D eigenvalue weighted by Gasteiger charge is 2.32. The first-order valence-electron chi connectivity index (χ1n) is 11.3.